The third kappa shape index (κ3) is 30.7. The second-order valence-corrected chi connectivity index (χ2v) is 31.7. The van der Waals surface area contributed by atoms with Crippen molar-refractivity contribution >= 4 is 121 Å². The lowest BCUT2D eigenvalue weighted by Crippen LogP contribution is -2.64. The number of hydrogen-bond acceptors (Lipinski definition) is 21. The second-order valence-electron chi connectivity index (χ2n) is 29.1. The summed E-state index contributed by atoms with van der Waals surface area (Å²) in [4.78, 5) is 173. The van der Waals surface area contributed by atoms with E-state index in [1.165, 1.54) is 51.6 Å². The van der Waals surface area contributed by atoms with E-state index in [0.29, 0.717) is 74.1 Å². The molecule has 118 heavy (non-hydrogen) atoms. The third-order valence-corrected chi connectivity index (χ3v) is 22.3. The molecule has 9 atom stereocenters. The van der Waals surface area contributed by atoms with E-state index in [0.717, 1.165) is 72.1 Å². The molecule has 0 spiro atoms. The largest absolute Gasteiger partial charge is 0.446 e. The van der Waals surface area contributed by atoms with Gasteiger partial charge in [-0.25, -0.2) is 15.8 Å². The molecule has 2 bridgehead atoms. The van der Waals surface area contributed by atoms with Crippen molar-refractivity contribution in [1.82, 2.24) is 52.5 Å². The lowest BCUT2D eigenvalue weighted by Gasteiger charge is -2.39. The Morgan fingerprint density at radius 1 is 0.720 bits per heavy atom. The number of aromatic nitrogens is 1. The number of rotatable bonds is 22. The van der Waals surface area contributed by atoms with Crippen molar-refractivity contribution in [2.24, 2.45) is 23.7 Å². The van der Waals surface area contributed by atoms with Gasteiger partial charge in [0.15, 0.2) is 17.7 Å². The molecule has 3 fully saturated rings. The Labute approximate surface area is 696 Å². The first-order valence-electron chi connectivity index (χ1n) is 39.6. The number of amides is 9. The van der Waals surface area contributed by atoms with Crippen LogP contribution in [0, 0.1) is 35.5 Å². The van der Waals surface area contributed by atoms with Gasteiger partial charge in [0.05, 0.1) is 17.5 Å². The molecule has 4 unspecified atom stereocenters. The van der Waals surface area contributed by atoms with Crippen LogP contribution in [0.4, 0.5) is 5.69 Å². The Hall–Kier alpha value is -11.2. The number of piperidine rings is 1. The van der Waals surface area contributed by atoms with E-state index in [4.69, 9.17) is 25.1 Å². The molecule has 29 nitrogen and oxygen atoms in total. The summed E-state index contributed by atoms with van der Waals surface area (Å²) >= 11 is 0. The van der Waals surface area contributed by atoms with Gasteiger partial charge in [0.2, 0.25) is 29.5 Å². The van der Waals surface area contributed by atoms with Crippen LogP contribution in [0.1, 0.15) is 165 Å². The number of ether oxygens (including phenoxy) is 1. The minimum absolute atomic E-state index is 0.0196. The van der Waals surface area contributed by atoms with E-state index in [-0.39, 0.29) is 65.5 Å². The Kier molecular flexibility index (Phi) is 40.9. The summed E-state index contributed by atoms with van der Waals surface area (Å²) in [5.74, 6) is -0.545. The number of nitrogens with zero attached hydrogens (tertiary/aromatic N) is 2. The maximum Gasteiger partial charge on any atom is 0.330 e. The number of hydroxylamine groups is 2. The minimum atomic E-state index is -1.27. The normalized spacial score (nSPS) is 21.2. The highest BCUT2D eigenvalue weighted by Gasteiger charge is 2.42. The van der Waals surface area contributed by atoms with E-state index < -0.39 is 102 Å². The predicted octanol–water partition coefficient (Wildman–Crippen LogP) is 8.29. The summed E-state index contributed by atoms with van der Waals surface area (Å²) in [5, 5.41) is 46.2. The number of anilines is 1. The number of nitrogens with one attached hydrogen (secondary N) is 9. The molecule has 0 radical (unpaired) electrons. The van der Waals surface area contributed by atoms with Gasteiger partial charge in [-0.05, 0) is 128 Å². The Balaban J connectivity index is 0.000000261. The van der Waals surface area contributed by atoms with Crippen molar-refractivity contribution in [2.45, 2.75) is 188 Å². The van der Waals surface area contributed by atoms with Crippen LogP contribution in [0.5, 0.6) is 0 Å². The average molecular weight is 1660 g/mol. The standard InChI is InChI=1S/C34H49N5O6.C24H35N3O6S2.C18H16N2O2.C11H11NO4/c1-5-22(3)30-33(43)36-27(20-23-21-39(45-4)28-17-11-10-15-25(23)28)31(41)35-26(16-9-7-8-14-24(40)6-2)34(44)38-19-13-12-18-29(38)32(42)37-30;1-6-16-22(30)27-20(14(4)5)24(32)33-18-9-7-8-10-34-35-12-15(21(29)25-16)11-17(28)19(13(2)3)26-23(18)31;21-18(20-22)9-5-4-6-15-10-12-17(13-11-15)19-14-16-7-2-1-3-8-16;13-7-10(14)9-4-1-8(2-5-9)3-6-11(15)12-16/h10-11,15,17,21-22,26-27,29-30H,5-9,12-14,16,18-20H2,1-4H3,(H,35,41)(H,36,43)(H,37,42);6-7,9,13-15,18-20H,8,10-12H2,1-5H3,(H,25,29)(H,26,31)(H,27,30);1-3,5,7-13,19,22H,14H2,(H,20,21);1-6,13,16H,7H2,(H,12,15)/b;9-7-,16-6+;9-5+;6-3+/t22?,26-,27?,29-,30-;15?,18-,19+,20?;;/m01../s1. The molecule has 4 aliphatic heterocycles. The van der Waals surface area contributed by atoms with Crippen LogP contribution >= 0.6 is 21.6 Å². The summed E-state index contributed by atoms with van der Waals surface area (Å²) in [6.45, 7) is 15.0. The zero-order valence-electron chi connectivity index (χ0n) is 68.2. The first-order valence-corrected chi connectivity index (χ1v) is 42.1. The van der Waals surface area contributed by atoms with Gasteiger partial charge in [-0.15, -0.1) is 0 Å². The summed E-state index contributed by atoms with van der Waals surface area (Å²) < 4.78 is 7.17. The van der Waals surface area contributed by atoms with Crippen LogP contribution in [-0.4, -0.2) is 176 Å². The number of fused-ring (bicyclic) bond motifs is 8. The third-order valence-electron chi connectivity index (χ3n) is 19.8. The number of para-hydroxylation sites is 1. The molecule has 0 aliphatic carbocycles. The summed E-state index contributed by atoms with van der Waals surface area (Å²) in [5.41, 5.74) is 8.76. The number of aliphatic hydroxyl groups is 1. The van der Waals surface area contributed by atoms with Gasteiger partial charge in [0.25, 0.3) is 23.6 Å². The zero-order chi connectivity index (χ0) is 86.2. The fourth-order valence-electron chi connectivity index (χ4n) is 12.8. The molecular formula is C87H111N11O18S2. The molecule has 1 aromatic heterocycles. The highest BCUT2D eigenvalue weighted by Crippen LogP contribution is 2.29. The van der Waals surface area contributed by atoms with Crippen LogP contribution in [0.2, 0.25) is 0 Å². The Bertz CT molecular complexity index is 4440. The zero-order valence-corrected chi connectivity index (χ0v) is 69.8. The van der Waals surface area contributed by atoms with Crippen LogP contribution < -0.4 is 53.0 Å². The number of esters is 1. The number of Topliss-reactive ketones (excluding diaryl/α,β-unsaturated/α-hetero) is 3. The van der Waals surface area contributed by atoms with Crippen LogP contribution in [0.3, 0.4) is 0 Å². The lowest BCUT2D eigenvalue weighted by molar-refractivity contribution is -0.157. The number of benzene rings is 4. The van der Waals surface area contributed by atoms with Crippen molar-refractivity contribution in [3.63, 3.8) is 0 Å². The number of carbonyl (C=O) groups is 13. The first kappa shape index (κ1) is 95.7. The Morgan fingerprint density at radius 3 is 2.06 bits per heavy atom. The van der Waals surface area contributed by atoms with Crippen molar-refractivity contribution in [3.8, 4) is 11.8 Å². The summed E-state index contributed by atoms with van der Waals surface area (Å²) in [6.07, 6.45) is 17.2. The van der Waals surface area contributed by atoms with Crippen molar-refractivity contribution in [1.29, 1.82) is 0 Å². The quantitative estimate of drug-likeness (QED) is 0.00357. The molecule has 31 heteroatoms. The topological polar surface area (TPSA) is 417 Å². The van der Waals surface area contributed by atoms with E-state index in [2.05, 4.69) is 61.2 Å². The van der Waals surface area contributed by atoms with Gasteiger partial charge in [-0.3, -0.25) is 67.9 Å². The van der Waals surface area contributed by atoms with Gasteiger partial charge < -0.3 is 56.8 Å². The molecule has 0 saturated carbocycles. The number of unbranched alkanes of at least 4 members (excludes halogenated alkanes) is 2. The molecule has 12 N–H and O–H groups in total. The van der Waals surface area contributed by atoms with E-state index in [9.17, 15) is 62.3 Å². The number of carbonyl (C=O) groups excluding carboxylic acids is 13. The molecule has 5 heterocycles. The van der Waals surface area contributed by atoms with Crippen molar-refractivity contribution < 1.29 is 87.4 Å². The van der Waals surface area contributed by atoms with Gasteiger partial charge in [0, 0.05) is 90.8 Å². The van der Waals surface area contributed by atoms with E-state index in [1.807, 2.05) is 87.5 Å². The highest BCUT2D eigenvalue weighted by molar-refractivity contribution is 8.76. The van der Waals surface area contributed by atoms with E-state index in [1.54, 1.807) is 98.7 Å². The number of hydrogen-bond donors (Lipinski definition) is 12. The molecular weight excluding hydrogens is 1550 g/mol. The fraction of sp³-hybridized carbons (Fsp3) is 0.437. The molecule has 5 aromatic rings. The lowest BCUT2D eigenvalue weighted by atomic mass is 9.92. The molecule has 9 rings (SSSR count). The monoisotopic (exact) mass is 1660 g/mol. The van der Waals surface area contributed by atoms with Gasteiger partial charge in [0.1, 0.15) is 55.4 Å². The maximum absolute atomic E-state index is 14.1. The number of ketones is 3. The van der Waals surface area contributed by atoms with Crippen LogP contribution in [0.15, 0.2) is 151 Å². The number of aliphatic hydroxyl groups excluding tert-OH is 1. The van der Waals surface area contributed by atoms with Gasteiger partial charge in [-0.1, -0.05) is 186 Å². The molecule has 634 valence electrons. The molecule has 3 saturated heterocycles. The second kappa shape index (κ2) is 50.5. The average Bonchev–Trinajstić information content (AvgIpc) is 1.58. The van der Waals surface area contributed by atoms with Gasteiger partial charge >= 0.3 is 5.97 Å². The predicted molar refractivity (Wildman–Crippen MR) is 451 cm³/mol. The smallest absolute Gasteiger partial charge is 0.330 e. The van der Waals surface area contributed by atoms with Gasteiger partial charge in [-0.2, -0.15) is 4.73 Å². The summed E-state index contributed by atoms with van der Waals surface area (Å²) in [7, 11) is 4.58. The Morgan fingerprint density at radius 2 is 1.40 bits per heavy atom. The SMILES string of the molecule is C/C=C1/NC(=O)C2CSSCC/C=C\[C@@H](OC(=O)C(C(C)C)NC1=O)C(=O)N[C@@H](C(C)C)C(=O)C2.CCC(=O)CCCCC[C@@H]1NC(=O)C(Cc2cn(OC)c3ccccc23)NC(=O)[C@H](C(C)CC)NC(=O)[C@@H]2CCCCN2C1=O.O=C(/C=C/C#Cc1ccc(NCc2ccccc2)cc1)NO.O=C(/C=C/c1ccc(C(=O)CO)cc1)NO. The molecule has 9 amide bonds. The first-order chi connectivity index (χ1) is 56.7. The summed E-state index contributed by atoms with van der Waals surface area (Å²) in [6, 6.07) is 26.5. The fourth-order valence-corrected chi connectivity index (χ4v) is 15.1. The van der Waals surface area contributed by atoms with Crippen molar-refractivity contribution in [2.75, 3.05) is 37.1 Å². The molecule has 4 aliphatic rings. The van der Waals surface area contributed by atoms with Crippen LogP contribution in [0.25, 0.3) is 17.0 Å². The van der Waals surface area contributed by atoms with Crippen molar-refractivity contribution in [3.05, 3.63) is 179 Å². The number of allylic oxidation sites excluding steroid dienone is 3. The highest BCUT2D eigenvalue weighted by atomic mass is 33.1. The minimum Gasteiger partial charge on any atom is -0.446 e. The van der Waals surface area contributed by atoms with E-state index >= 15 is 0 Å². The van der Waals surface area contributed by atoms with Crippen LogP contribution in [-0.2, 0) is 75.2 Å². The molecule has 4 aromatic carbocycles. The maximum atomic E-state index is 14.1.